The lowest BCUT2D eigenvalue weighted by Gasteiger charge is -2.33. The van der Waals surface area contributed by atoms with Gasteiger partial charge in [0.2, 0.25) is 5.76 Å². The molecule has 0 fully saturated rings. The molecular weight excluding hydrogens is 268 g/mol. The lowest BCUT2D eigenvalue weighted by Crippen LogP contribution is -2.49. The fourth-order valence-electron chi connectivity index (χ4n) is 1.72. The Balaban J connectivity index is 3.19. The van der Waals surface area contributed by atoms with Crippen molar-refractivity contribution in [1.29, 1.82) is 0 Å². The molecule has 20 heavy (non-hydrogen) atoms. The topological polar surface area (TPSA) is 38.8 Å². The largest absolute Gasteiger partial charge is 0.483 e. The second-order valence-corrected chi connectivity index (χ2v) is 4.50. The van der Waals surface area contributed by atoms with Gasteiger partial charge in [0.1, 0.15) is 0 Å². The number of carbonyl (C=O) groups is 1. The molecule has 0 saturated heterocycles. The highest BCUT2D eigenvalue weighted by molar-refractivity contribution is 5.85. The van der Waals surface area contributed by atoms with Crippen molar-refractivity contribution < 1.29 is 23.0 Å². The number of terminal acetylenes is 1. The monoisotopic (exact) mass is 285 g/mol. The van der Waals surface area contributed by atoms with Gasteiger partial charge in [-0.1, -0.05) is 5.57 Å². The van der Waals surface area contributed by atoms with E-state index in [-0.39, 0.29) is 18.0 Å². The number of nitrogens with zero attached hydrogens (tertiary/aromatic N) is 1. The molecule has 0 saturated carbocycles. The fourth-order valence-corrected chi connectivity index (χ4v) is 1.72. The number of hydrogen-bond donors (Lipinski definition) is 0. The molecule has 0 N–H and O–H groups in total. The Morgan fingerprint density at radius 1 is 1.55 bits per heavy atom. The molecule has 1 amide bonds. The summed E-state index contributed by atoms with van der Waals surface area (Å²) in [5, 5.41) is 0. The van der Waals surface area contributed by atoms with Crippen LogP contribution in [0.5, 0.6) is 0 Å². The van der Waals surface area contributed by atoms with Gasteiger partial charge in [-0.05, 0) is 32.3 Å². The standard InChI is InChI=1S/C14H17F2NO3/c1-5-12-11(9-10(2)3)17(7-6-8-19-4)13(18)14(15,16)20-12/h1,9H,6-8H2,2-4H3. The van der Waals surface area contributed by atoms with Gasteiger partial charge in [0.15, 0.2) is 0 Å². The minimum absolute atomic E-state index is 0.0793. The molecule has 0 unspecified atom stereocenters. The zero-order chi connectivity index (χ0) is 15.3. The van der Waals surface area contributed by atoms with Crippen molar-refractivity contribution in [2.75, 3.05) is 20.3 Å². The van der Waals surface area contributed by atoms with Crippen LogP contribution in [-0.4, -0.2) is 37.2 Å². The molecule has 0 aromatic heterocycles. The minimum atomic E-state index is -3.94. The lowest BCUT2D eigenvalue weighted by molar-refractivity contribution is -0.227. The maximum atomic E-state index is 13.5. The zero-order valence-electron chi connectivity index (χ0n) is 11.7. The van der Waals surface area contributed by atoms with Crippen LogP contribution in [0, 0.1) is 12.3 Å². The van der Waals surface area contributed by atoms with E-state index in [0.717, 1.165) is 10.5 Å². The third kappa shape index (κ3) is 3.58. The molecule has 1 aliphatic heterocycles. The summed E-state index contributed by atoms with van der Waals surface area (Å²) < 4.78 is 36.2. The van der Waals surface area contributed by atoms with Crippen molar-refractivity contribution in [3.8, 4) is 12.3 Å². The first-order valence-corrected chi connectivity index (χ1v) is 6.07. The Hall–Kier alpha value is -1.87. The van der Waals surface area contributed by atoms with Crippen molar-refractivity contribution in [2.24, 2.45) is 0 Å². The summed E-state index contributed by atoms with van der Waals surface area (Å²) in [5.41, 5.74) is 0.991. The number of methoxy groups -OCH3 is 1. The number of amides is 1. The van der Waals surface area contributed by atoms with Gasteiger partial charge in [0, 0.05) is 20.3 Å². The van der Waals surface area contributed by atoms with Gasteiger partial charge >= 0.3 is 12.0 Å². The van der Waals surface area contributed by atoms with Crippen LogP contribution in [-0.2, 0) is 14.3 Å². The molecule has 4 nitrogen and oxygen atoms in total. The average Bonchev–Trinajstić information content (AvgIpc) is 2.37. The number of carbonyl (C=O) groups excluding carboxylic acids is 1. The summed E-state index contributed by atoms with van der Waals surface area (Å²) in [4.78, 5) is 12.7. The molecule has 1 heterocycles. The normalized spacial score (nSPS) is 17.6. The number of hydrogen-bond acceptors (Lipinski definition) is 3. The Kier molecular flexibility index (Phi) is 5.28. The third-order valence-electron chi connectivity index (χ3n) is 2.53. The summed E-state index contributed by atoms with van der Waals surface area (Å²) in [6.45, 7) is 3.97. The van der Waals surface area contributed by atoms with Crippen LogP contribution in [0.3, 0.4) is 0 Å². The van der Waals surface area contributed by atoms with Gasteiger partial charge in [-0.2, -0.15) is 8.78 Å². The van der Waals surface area contributed by atoms with E-state index in [1.165, 1.54) is 7.11 Å². The first-order chi connectivity index (χ1) is 9.33. The lowest BCUT2D eigenvalue weighted by atomic mass is 10.2. The highest BCUT2D eigenvalue weighted by Gasteiger charge is 2.50. The predicted molar refractivity (Wildman–Crippen MR) is 69.5 cm³/mol. The van der Waals surface area contributed by atoms with E-state index >= 15 is 0 Å². The second-order valence-electron chi connectivity index (χ2n) is 4.50. The van der Waals surface area contributed by atoms with Crippen LogP contribution in [0.15, 0.2) is 23.1 Å². The third-order valence-corrected chi connectivity index (χ3v) is 2.53. The average molecular weight is 285 g/mol. The van der Waals surface area contributed by atoms with Crippen LogP contribution >= 0.6 is 0 Å². The van der Waals surface area contributed by atoms with Crippen molar-refractivity contribution >= 4 is 5.91 Å². The molecule has 0 spiro atoms. The molecule has 0 aromatic rings. The summed E-state index contributed by atoms with van der Waals surface area (Å²) >= 11 is 0. The Labute approximate surface area is 117 Å². The van der Waals surface area contributed by atoms with Crippen LogP contribution in [0.2, 0.25) is 0 Å². The number of allylic oxidation sites excluding steroid dienone is 3. The van der Waals surface area contributed by atoms with E-state index in [1.54, 1.807) is 19.9 Å². The molecule has 0 bridgehead atoms. The number of rotatable bonds is 5. The van der Waals surface area contributed by atoms with Gasteiger partial charge in [0.25, 0.3) is 0 Å². The Morgan fingerprint density at radius 3 is 2.70 bits per heavy atom. The van der Waals surface area contributed by atoms with Crippen LogP contribution < -0.4 is 0 Å². The highest BCUT2D eigenvalue weighted by Crippen LogP contribution is 2.32. The second kappa shape index (κ2) is 6.53. The van der Waals surface area contributed by atoms with Crippen molar-refractivity contribution in [3.63, 3.8) is 0 Å². The van der Waals surface area contributed by atoms with E-state index in [2.05, 4.69) is 10.7 Å². The summed E-state index contributed by atoms with van der Waals surface area (Å²) in [6, 6.07) is 0. The Morgan fingerprint density at radius 2 is 2.20 bits per heavy atom. The molecule has 1 aliphatic rings. The van der Waals surface area contributed by atoms with E-state index in [4.69, 9.17) is 11.2 Å². The maximum absolute atomic E-state index is 13.5. The van der Waals surface area contributed by atoms with Crippen LogP contribution in [0.1, 0.15) is 20.3 Å². The van der Waals surface area contributed by atoms with Gasteiger partial charge in [-0.25, -0.2) is 0 Å². The highest BCUT2D eigenvalue weighted by atomic mass is 19.3. The quantitative estimate of drug-likeness (QED) is 0.574. The van der Waals surface area contributed by atoms with E-state index in [0.29, 0.717) is 13.0 Å². The fraction of sp³-hybridized carbons (Fsp3) is 0.500. The summed E-state index contributed by atoms with van der Waals surface area (Å²) in [7, 11) is 1.50. The molecule has 0 radical (unpaired) electrons. The Bertz CT molecular complexity index is 485. The van der Waals surface area contributed by atoms with Crippen LogP contribution in [0.25, 0.3) is 0 Å². The van der Waals surface area contributed by atoms with E-state index in [9.17, 15) is 13.6 Å². The molecule has 0 aromatic carbocycles. The number of halogens is 2. The molecule has 0 atom stereocenters. The van der Waals surface area contributed by atoms with Crippen molar-refractivity contribution in [2.45, 2.75) is 26.4 Å². The van der Waals surface area contributed by atoms with E-state index < -0.39 is 12.0 Å². The number of ether oxygens (including phenoxy) is 2. The van der Waals surface area contributed by atoms with Crippen molar-refractivity contribution in [1.82, 2.24) is 4.90 Å². The van der Waals surface area contributed by atoms with Gasteiger partial charge in [-0.15, -0.1) is 6.42 Å². The van der Waals surface area contributed by atoms with Crippen molar-refractivity contribution in [3.05, 3.63) is 23.1 Å². The minimum Gasteiger partial charge on any atom is -0.415 e. The van der Waals surface area contributed by atoms with Gasteiger partial charge in [0.05, 0.1) is 5.70 Å². The summed E-state index contributed by atoms with van der Waals surface area (Å²) in [6.07, 6.45) is 3.22. The predicted octanol–water partition coefficient (Wildman–Crippen LogP) is 2.29. The van der Waals surface area contributed by atoms with Gasteiger partial charge < -0.3 is 9.47 Å². The molecule has 0 aliphatic carbocycles. The smallest absolute Gasteiger partial charge is 0.415 e. The zero-order valence-corrected chi connectivity index (χ0v) is 11.7. The summed E-state index contributed by atoms with van der Waals surface area (Å²) in [5.74, 6) is 0.307. The van der Waals surface area contributed by atoms with Crippen LogP contribution in [0.4, 0.5) is 8.78 Å². The number of alkyl halides is 2. The molecular formula is C14H17F2NO3. The molecule has 6 heteroatoms. The molecule has 110 valence electrons. The SMILES string of the molecule is C#CC1=C(C=C(C)C)N(CCCOC)C(=O)C(F)(F)O1. The first kappa shape index (κ1) is 16.2. The molecule has 1 rings (SSSR count). The maximum Gasteiger partial charge on any atom is 0.483 e. The van der Waals surface area contributed by atoms with E-state index in [1.807, 2.05) is 0 Å². The first-order valence-electron chi connectivity index (χ1n) is 6.07. The van der Waals surface area contributed by atoms with Gasteiger partial charge in [-0.3, -0.25) is 9.69 Å².